The number of unbranched alkanes of at least 4 members (excludes halogenated alkanes) is 11. The van der Waals surface area contributed by atoms with Crippen molar-refractivity contribution in [3.8, 4) is 0 Å². The molecule has 3 N–H and O–H groups in total. The SMILES string of the molecule is CC(=O)CC[C@H](CC(=O)CCCC(=O)CCCOCCOCCNC(=O)CCCCCCCCCCCCCCC(=O)O)C(=O)O. The highest BCUT2D eigenvalue weighted by molar-refractivity contribution is 5.85. The number of ether oxygens (including phenoxy) is 2. The molecule has 0 heterocycles. The van der Waals surface area contributed by atoms with Crippen LogP contribution in [0.1, 0.15) is 148 Å². The lowest BCUT2D eigenvalue weighted by atomic mass is 9.94. The summed E-state index contributed by atoms with van der Waals surface area (Å²) in [4.78, 5) is 68.8. The van der Waals surface area contributed by atoms with Gasteiger partial charge in [0.05, 0.1) is 25.7 Å². The molecule has 0 aliphatic carbocycles. The van der Waals surface area contributed by atoms with Crippen LogP contribution in [0, 0.1) is 5.92 Å². The van der Waals surface area contributed by atoms with E-state index in [1.54, 1.807) is 0 Å². The number of carboxylic acids is 2. The summed E-state index contributed by atoms with van der Waals surface area (Å²) in [5, 5.41) is 20.7. The van der Waals surface area contributed by atoms with Crippen LogP contribution in [-0.4, -0.2) is 78.4 Å². The molecule has 0 fully saturated rings. The van der Waals surface area contributed by atoms with E-state index < -0.39 is 17.9 Å². The number of ketones is 3. The molecule has 0 bridgehead atoms. The highest BCUT2D eigenvalue weighted by atomic mass is 16.5. The lowest BCUT2D eigenvalue weighted by Crippen LogP contribution is -2.27. The number of hydrogen-bond acceptors (Lipinski definition) is 8. The maximum atomic E-state index is 12.1. The Kier molecular flexibility index (Phi) is 29.2. The quantitative estimate of drug-likeness (QED) is 0.0664. The smallest absolute Gasteiger partial charge is 0.306 e. The minimum atomic E-state index is -1.07. The third-order valence-corrected chi connectivity index (χ3v) is 7.81. The van der Waals surface area contributed by atoms with Crippen molar-refractivity contribution in [2.75, 3.05) is 33.0 Å². The molecule has 0 saturated carbocycles. The summed E-state index contributed by atoms with van der Waals surface area (Å²) in [6, 6.07) is 0. The van der Waals surface area contributed by atoms with Gasteiger partial charge in [0.25, 0.3) is 0 Å². The summed E-state index contributed by atoms with van der Waals surface area (Å²) >= 11 is 0. The van der Waals surface area contributed by atoms with Gasteiger partial charge >= 0.3 is 11.9 Å². The van der Waals surface area contributed by atoms with E-state index in [0.717, 1.165) is 38.5 Å². The van der Waals surface area contributed by atoms with Gasteiger partial charge in [-0.25, -0.2) is 0 Å². The van der Waals surface area contributed by atoms with Crippen molar-refractivity contribution in [3.63, 3.8) is 0 Å². The molecule has 0 rings (SSSR count). The molecule has 1 atom stereocenters. The summed E-state index contributed by atoms with van der Waals surface area (Å²) in [5.74, 6) is -2.84. The Morgan fingerprint density at radius 3 is 1.59 bits per heavy atom. The lowest BCUT2D eigenvalue weighted by molar-refractivity contribution is -0.144. The third kappa shape index (κ3) is 31.3. The molecule has 11 heteroatoms. The number of hydrogen-bond donors (Lipinski definition) is 3. The number of rotatable bonds is 35. The van der Waals surface area contributed by atoms with E-state index in [4.69, 9.17) is 14.6 Å². The van der Waals surface area contributed by atoms with Gasteiger partial charge in [-0.1, -0.05) is 64.2 Å². The molecule has 0 aromatic rings. The molecule has 0 aromatic carbocycles. The highest BCUT2D eigenvalue weighted by Crippen LogP contribution is 2.16. The predicted octanol–water partition coefficient (Wildman–Crippen LogP) is 6.23. The summed E-state index contributed by atoms with van der Waals surface area (Å²) in [6.07, 6.45) is 16.2. The number of amides is 1. The molecule has 0 aliphatic rings. The van der Waals surface area contributed by atoms with Gasteiger partial charge in [0.2, 0.25) is 5.91 Å². The van der Waals surface area contributed by atoms with Gasteiger partial charge in [0.1, 0.15) is 17.3 Å². The molecule has 266 valence electrons. The standard InChI is InChI=1S/C35H61NO10/c1-29(37)21-22-30(35(43)44)28-32(39)17-14-16-31(38)18-15-24-45-26-27-46-25-23-36-33(40)19-12-10-8-6-4-2-3-5-7-9-11-13-20-34(41)42/h30H,2-28H2,1H3,(H,36,40)(H,41,42)(H,43,44)/t30-/m1/s1. The molecular weight excluding hydrogens is 594 g/mol. The Morgan fingerprint density at radius 1 is 0.543 bits per heavy atom. The zero-order valence-electron chi connectivity index (χ0n) is 28.3. The molecule has 1 amide bonds. The lowest BCUT2D eigenvalue weighted by Gasteiger charge is -2.10. The fourth-order valence-electron chi connectivity index (χ4n) is 5.05. The van der Waals surface area contributed by atoms with Crippen LogP contribution in [0.4, 0.5) is 0 Å². The first-order valence-corrected chi connectivity index (χ1v) is 17.5. The zero-order valence-corrected chi connectivity index (χ0v) is 28.3. The maximum Gasteiger partial charge on any atom is 0.306 e. The third-order valence-electron chi connectivity index (χ3n) is 7.81. The number of carbonyl (C=O) groups excluding carboxylic acids is 4. The minimum Gasteiger partial charge on any atom is -0.481 e. The number of nitrogens with one attached hydrogen (secondary N) is 1. The van der Waals surface area contributed by atoms with Crippen molar-refractivity contribution in [2.24, 2.45) is 5.92 Å². The Balaban J connectivity index is 3.46. The average molecular weight is 656 g/mol. The van der Waals surface area contributed by atoms with Crippen molar-refractivity contribution < 1.29 is 48.5 Å². The zero-order chi connectivity index (χ0) is 34.3. The van der Waals surface area contributed by atoms with Crippen LogP contribution in [0.2, 0.25) is 0 Å². The van der Waals surface area contributed by atoms with Gasteiger partial charge in [-0.05, 0) is 39.0 Å². The van der Waals surface area contributed by atoms with Crippen molar-refractivity contribution in [3.05, 3.63) is 0 Å². The number of aliphatic carboxylic acids is 2. The maximum absolute atomic E-state index is 12.1. The van der Waals surface area contributed by atoms with Gasteiger partial charge in [-0.2, -0.15) is 0 Å². The van der Waals surface area contributed by atoms with Crippen LogP contribution < -0.4 is 5.32 Å². The molecular formula is C35H61NO10. The molecule has 11 nitrogen and oxygen atoms in total. The second-order valence-electron chi connectivity index (χ2n) is 12.2. The van der Waals surface area contributed by atoms with Gasteiger partial charge in [0, 0.05) is 58.1 Å². The van der Waals surface area contributed by atoms with E-state index in [9.17, 15) is 33.9 Å². The van der Waals surface area contributed by atoms with Crippen molar-refractivity contribution in [1.82, 2.24) is 5.32 Å². The van der Waals surface area contributed by atoms with E-state index in [1.807, 2.05) is 0 Å². The average Bonchev–Trinajstić information content (AvgIpc) is 2.99. The Labute approximate surface area is 275 Å². The minimum absolute atomic E-state index is 0.0423. The van der Waals surface area contributed by atoms with Crippen LogP contribution >= 0.6 is 0 Å². The van der Waals surface area contributed by atoms with Gasteiger partial charge < -0.3 is 29.8 Å². The second-order valence-corrected chi connectivity index (χ2v) is 12.2. The fraction of sp³-hybridized carbons (Fsp3) is 0.829. The number of Topliss-reactive ketones (excluding diaryl/α,β-unsaturated/α-hetero) is 3. The first-order chi connectivity index (χ1) is 22.1. The van der Waals surface area contributed by atoms with Crippen molar-refractivity contribution >= 4 is 35.2 Å². The van der Waals surface area contributed by atoms with E-state index in [0.29, 0.717) is 58.7 Å². The van der Waals surface area contributed by atoms with Crippen LogP contribution in [-0.2, 0) is 38.2 Å². The van der Waals surface area contributed by atoms with Crippen molar-refractivity contribution in [2.45, 2.75) is 148 Å². The van der Waals surface area contributed by atoms with E-state index in [2.05, 4.69) is 5.32 Å². The number of carbonyl (C=O) groups is 6. The van der Waals surface area contributed by atoms with Gasteiger partial charge in [0.15, 0.2) is 0 Å². The monoisotopic (exact) mass is 655 g/mol. The number of carboxylic acid groups (broad SMARTS) is 2. The van der Waals surface area contributed by atoms with Crippen LogP contribution in [0.5, 0.6) is 0 Å². The Bertz CT molecular complexity index is 860. The first kappa shape index (κ1) is 43.3. The van der Waals surface area contributed by atoms with Gasteiger partial charge in [-0.15, -0.1) is 0 Å². The highest BCUT2D eigenvalue weighted by Gasteiger charge is 2.21. The summed E-state index contributed by atoms with van der Waals surface area (Å²) < 4.78 is 11.0. The van der Waals surface area contributed by atoms with Gasteiger partial charge in [-0.3, -0.25) is 24.0 Å². The predicted molar refractivity (Wildman–Crippen MR) is 176 cm³/mol. The molecule has 0 unspecified atom stereocenters. The molecule has 0 saturated heterocycles. The van der Waals surface area contributed by atoms with Crippen LogP contribution in [0.25, 0.3) is 0 Å². The Morgan fingerprint density at radius 2 is 1.04 bits per heavy atom. The molecule has 46 heavy (non-hydrogen) atoms. The van der Waals surface area contributed by atoms with Crippen LogP contribution in [0.15, 0.2) is 0 Å². The normalized spacial score (nSPS) is 11.7. The largest absolute Gasteiger partial charge is 0.481 e. The second kappa shape index (κ2) is 31.0. The molecule has 0 radical (unpaired) electrons. The fourth-order valence-corrected chi connectivity index (χ4v) is 5.05. The molecule has 0 spiro atoms. The molecule has 0 aromatic heterocycles. The van der Waals surface area contributed by atoms with Crippen molar-refractivity contribution in [1.29, 1.82) is 0 Å². The Hall–Kier alpha value is -2.66. The molecule has 0 aliphatic heterocycles. The summed E-state index contributed by atoms with van der Waals surface area (Å²) in [7, 11) is 0. The topological polar surface area (TPSA) is 173 Å². The first-order valence-electron chi connectivity index (χ1n) is 17.5. The van der Waals surface area contributed by atoms with E-state index in [-0.39, 0.29) is 61.8 Å². The summed E-state index contributed by atoms with van der Waals surface area (Å²) in [6.45, 7) is 3.51. The van der Waals surface area contributed by atoms with Crippen LogP contribution in [0.3, 0.4) is 0 Å². The van der Waals surface area contributed by atoms with E-state index >= 15 is 0 Å². The van der Waals surface area contributed by atoms with E-state index in [1.165, 1.54) is 45.4 Å². The summed E-state index contributed by atoms with van der Waals surface area (Å²) in [5.41, 5.74) is 0.